The lowest BCUT2D eigenvalue weighted by Gasteiger charge is -2.06. The van der Waals surface area contributed by atoms with Crippen LogP contribution in [0.15, 0.2) is 41.1 Å². The maximum atomic E-state index is 13.2. The third kappa shape index (κ3) is 1.99. The van der Waals surface area contributed by atoms with Gasteiger partial charge in [0.1, 0.15) is 11.5 Å². The van der Waals surface area contributed by atoms with Crippen molar-refractivity contribution in [1.29, 1.82) is 0 Å². The lowest BCUT2D eigenvalue weighted by molar-refractivity contribution is 0.619. The van der Waals surface area contributed by atoms with Crippen molar-refractivity contribution in [1.82, 2.24) is 4.98 Å². The number of benzene rings is 1. The number of furan rings is 1. The highest BCUT2D eigenvalue weighted by atomic mass is 19.1. The van der Waals surface area contributed by atoms with Crippen LogP contribution < -0.4 is 11.1 Å². The first-order valence-corrected chi connectivity index (χ1v) is 5.80. The molecule has 0 aliphatic carbocycles. The molecule has 3 aromatic rings. The summed E-state index contributed by atoms with van der Waals surface area (Å²) in [4.78, 5) is 3.97. The molecule has 3 N–H and O–H groups in total. The Bertz CT molecular complexity index is 752. The Morgan fingerprint density at radius 3 is 2.95 bits per heavy atom. The Kier molecular flexibility index (Phi) is 2.59. The molecule has 0 atom stereocenters. The monoisotopic (exact) mass is 257 g/mol. The van der Waals surface area contributed by atoms with E-state index in [0.29, 0.717) is 16.8 Å². The van der Waals surface area contributed by atoms with Gasteiger partial charge in [-0.15, -0.1) is 0 Å². The third-order valence-corrected chi connectivity index (χ3v) is 2.95. The molecule has 0 aliphatic heterocycles. The Morgan fingerprint density at radius 2 is 2.16 bits per heavy atom. The molecule has 4 nitrogen and oxygen atoms in total. The number of nitrogens with one attached hydrogen (secondary N) is 1. The van der Waals surface area contributed by atoms with Gasteiger partial charge in [-0.2, -0.15) is 0 Å². The van der Waals surface area contributed by atoms with Crippen molar-refractivity contribution in [2.24, 2.45) is 0 Å². The van der Waals surface area contributed by atoms with E-state index in [4.69, 9.17) is 10.2 Å². The Morgan fingerprint density at radius 1 is 1.32 bits per heavy atom. The van der Waals surface area contributed by atoms with E-state index in [1.807, 2.05) is 6.07 Å². The van der Waals surface area contributed by atoms with Crippen LogP contribution in [0.2, 0.25) is 0 Å². The van der Waals surface area contributed by atoms with Crippen LogP contribution in [0.5, 0.6) is 0 Å². The summed E-state index contributed by atoms with van der Waals surface area (Å²) < 4.78 is 18.6. The normalized spacial score (nSPS) is 10.8. The van der Waals surface area contributed by atoms with Crippen LogP contribution in [0, 0.1) is 12.7 Å². The number of hydrogen-bond acceptors (Lipinski definition) is 4. The van der Waals surface area contributed by atoms with Crippen LogP contribution in [-0.4, -0.2) is 4.98 Å². The highest BCUT2D eigenvalue weighted by Gasteiger charge is 2.12. The minimum atomic E-state index is -0.236. The molecule has 0 amide bonds. The van der Waals surface area contributed by atoms with Gasteiger partial charge in [-0.05, 0) is 36.8 Å². The molecule has 0 spiro atoms. The molecule has 0 unspecified atom stereocenters. The van der Waals surface area contributed by atoms with Gasteiger partial charge < -0.3 is 15.5 Å². The number of nitrogens with two attached hydrogens (primary N) is 1. The van der Waals surface area contributed by atoms with Gasteiger partial charge >= 0.3 is 0 Å². The number of nitrogens with zero attached hydrogens (tertiary/aromatic N) is 1. The standard InChI is InChI=1S/C14H12FN3O/c1-8-6-9(2-3-11(8)15)18-13-10-4-5-17-7-12(10)19-14(13)16/h2-7,18H,16H2,1H3. The van der Waals surface area contributed by atoms with Crippen LogP contribution in [0.25, 0.3) is 11.0 Å². The van der Waals surface area contributed by atoms with Crippen molar-refractivity contribution in [3.63, 3.8) is 0 Å². The van der Waals surface area contributed by atoms with E-state index >= 15 is 0 Å². The van der Waals surface area contributed by atoms with Gasteiger partial charge in [0, 0.05) is 17.3 Å². The number of aromatic nitrogens is 1. The lowest BCUT2D eigenvalue weighted by Crippen LogP contribution is -1.94. The van der Waals surface area contributed by atoms with Gasteiger partial charge in [0.15, 0.2) is 5.58 Å². The molecule has 0 radical (unpaired) electrons. The van der Waals surface area contributed by atoms with Crippen molar-refractivity contribution in [2.75, 3.05) is 11.1 Å². The average Bonchev–Trinajstić information content (AvgIpc) is 2.71. The zero-order valence-corrected chi connectivity index (χ0v) is 10.3. The minimum Gasteiger partial charge on any atom is -0.437 e. The molecular weight excluding hydrogens is 245 g/mol. The number of halogens is 1. The lowest BCUT2D eigenvalue weighted by atomic mass is 10.2. The predicted molar refractivity (Wildman–Crippen MR) is 72.8 cm³/mol. The van der Waals surface area contributed by atoms with E-state index in [9.17, 15) is 4.39 Å². The molecule has 0 fully saturated rings. The fraction of sp³-hybridized carbons (Fsp3) is 0.0714. The predicted octanol–water partition coefficient (Wildman–Crippen LogP) is 3.60. The summed E-state index contributed by atoms with van der Waals surface area (Å²) in [6.45, 7) is 1.71. The Balaban J connectivity index is 2.05. The number of rotatable bonds is 2. The zero-order valence-electron chi connectivity index (χ0n) is 10.3. The molecular formula is C14H12FN3O. The fourth-order valence-corrected chi connectivity index (χ4v) is 1.97. The number of aryl methyl sites for hydroxylation is 1. The number of fused-ring (bicyclic) bond motifs is 1. The Labute approximate surface area is 109 Å². The summed E-state index contributed by atoms with van der Waals surface area (Å²) in [5.74, 6) is 0.0461. The quantitative estimate of drug-likeness (QED) is 0.736. The van der Waals surface area contributed by atoms with Crippen LogP contribution in [0.1, 0.15) is 5.56 Å². The van der Waals surface area contributed by atoms with E-state index in [0.717, 1.165) is 11.1 Å². The average molecular weight is 257 g/mol. The maximum absolute atomic E-state index is 13.2. The molecule has 2 heterocycles. The Hall–Kier alpha value is -2.56. The van der Waals surface area contributed by atoms with Gasteiger partial charge in [0.2, 0.25) is 5.88 Å². The first-order chi connectivity index (χ1) is 9.15. The maximum Gasteiger partial charge on any atom is 0.215 e. The molecule has 0 saturated heterocycles. The number of anilines is 3. The van der Waals surface area contributed by atoms with Crippen molar-refractivity contribution in [3.05, 3.63) is 48.0 Å². The summed E-state index contributed by atoms with van der Waals surface area (Å²) in [6.07, 6.45) is 3.27. The van der Waals surface area contributed by atoms with E-state index in [-0.39, 0.29) is 11.7 Å². The first-order valence-electron chi connectivity index (χ1n) is 5.80. The second-order valence-corrected chi connectivity index (χ2v) is 4.30. The molecule has 96 valence electrons. The van der Waals surface area contributed by atoms with E-state index in [1.165, 1.54) is 6.07 Å². The second-order valence-electron chi connectivity index (χ2n) is 4.30. The van der Waals surface area contributed by atoms with Gasteiger partial charge in [-0.3, -0.25) is 4.98 Å². The van der Waals surface area contributed by atoms with Gasteiger partial charge in [0.05, 0.1) is 6.20 Å². The van der Waals surface area contributed by atoms with E-state index in [1.54, 1.807) is 31.5 Å². The number of nitrogen functional groups attached to an aromatic ring is 1. The van der Waals surface area contributed by atoms with Crippen molar-refractivity contribution in [2.45, 2.75) is 6.92 Å². The molecule has 19 heavy (non-hydrogen) atoms. The summed E-state index contributed by atoms with van der Waals surface area (Å²) in [5.41, 5.74) is 8.44. The molecule has 0 saturated carbocycles. The highest BCUT2D eigenvalue weighted by Crippen LogP contribution is 2.34. The van der Waals surface area contributed by atoms with Crippen molar-refractivity contribution < 1.29 is 8.81 Å². The SMILES string of the molecule is Cc1cc(Nc2c(N)oc3cnccc23)ccc1F. The summed E-state index contributed by atoms with van der Waals surface area (Å²) >= 11 is 0. The van der Waals surface area contributed by atoms with Crippen LogP contribution in [0.3, 0.4) is 0 Å². The van der Waals surface area contributed by atoms with Gasteiger partial charge in [-0.1, -0.05) is 0 Å². The number of hydrogen-bond donors (Lipinski definition) is 2. The van der Waals surface area contributed by atoms with Crippen LogP contribution in [0.4, 0.5) is 21.6 Å². The molecule has 0 aliphatic rings. The molecule has 5 heteroatoms. The molecule has 3 rings (SSSR count). The summed E-state index contributed by atoms with van der Waals surface area (Å²) in [6, 6.07) is 6.60. The number of pyridine rings is 1. The molecule has 0 bridgehead atoms. The molecule has 2 aromatic heterocycles. The highest BCUT2D eigenvalue weighted by molar-refractivity contribution is 5.97. The van der Waals surface area contributed by atoms with Gasteiger partial charge in [0.25, 0.3) is 0 Å². The second kappa shape index (κ2) is 4.28. The van der Waals surface area contributed by atoms with Crippen molar-refractivity contribution in [3.8, 4) is 0 Å². The topological polar surface area (TPSA) is 64.1 Å². The van der Waals surface area contributed by atoms with Crippen LogP contribution >= 0.6 is 0 Å². The van der Waals surface area contributed by atoms with E-state index < -0.39 is 0 Å². The van der Waals surface area contributed by atoms with Gasteiger partial charge in [-0.25, -0.2) is 4.39 Å². The third-order valence-electron chi connectivity index (χ3n) is 2.95. The van der Waals surface area contributed by atoms with Crippen molar-refractivity contribution >= 4 is 28.2 Å². The summed E-state index contributed by atoms with van der Waals surface area (Å²) in [5, 5.41) is 3.99. The van der Waals surface area contributed by atoms with E-state index in [2.05, 4.69) is 10.3 Å². The fourth-order valence-electron chi connectivity index (χ4n) is 1.97. The summed E-state index contributed by atoms with van der Waals surface area (Å²) in [7, 11) is 0. The zero-order chi connectivity index (χ0) is 13.4. The largest absolute Gasteiger partial charge is 0.437 e. The first kappa shape index (κ1) is 11.5. The smallest absolute Gasteiger partial charge is 0.215 e. The van der Waals surface area contributed by atoms with Crippen LogP contribution in [-0.2, 0) is 0 Å². The molecule has 1 aromatic carbocycles. The minimum absolute atomic E-state index is 0.236.